The minimum Gasteiger partial charge on any atom is -1.00 e. The first-order chi connectivity index (χ1) is 16.1. The third-order valence-electron chi connectivity index (χ3n) is 5.39. The molecular formula is C29H28LiO3P. The average Bonchev–Trinajstić information content (AvgIpc) is 2.83. The Hall–Kier alpha value is -2.82. The zero-order valence-electron chi connectivity index (χ0n) is 20.9. The molecule has 4 rings (SSSR count). The molecule has 0 aliphatic carbocycles. The minimum absolute atomic E-state index is 0. The summed E-state index contributed by atoms with van der Waals surface area (Å²) < 4.78 is 12.2. The molecule has 0 amide bonds. The number of benzene rings is 4. The smallest absolute Gasteiger partial charge is 1.00 e. The molecule has 0 saturated carbocycles. The molecule has 0 saturated heterocycles. The summed E-state index contributed by atoms with van der Waals surface area (Å²) in [5.74, 6) is 1.40. The van der Waals surface area contributed by atoms with E-state index in [0.717, 1.165) is 38.9 Å². The molecule has 1 unspecified atom stereocenters. The van der Waals surface area contributed by atoms with Gasteiger partial charge >= 0.3 is 18.9 Å². The maximum atomic E-state index is 13.2. The van der Waals surface area contributed by atoms with Crippen molar-refractivity contribution in [1.82, 2.24) is 0 Å². The van der Waals surface area contributed by atoms with Gasteiger partial charge in [0.15, 0.2) is 5.52 Å². The Balaban J connectivity index is 0.00000216. The van der Waals surface area contributed by atoms with Gasteiger partial charge in [-0.3, -0.25) is 4.79 Å². The Labute approximate surface area is 217 Å². The summed E-state index contributed by atoms with van der Waals surface area (Å²) in [5, 5.41) is 0.880. The van der Waals surface area contributed by atoms with E-state index in [1.54, 1.807) is 0 Å². The summed E-state index contributed by atoms with van der Waals surface area (Å²) in [6.07, 6.45) is 0. The fourth-order valence-corrected chi connectivity index (χ4v) is 4.85. The van der Waals surface area contributed by atoms with E-state index >= 15 is 0 Å². The first kappa shape index (κ1) is 25.8. The molecule has 0 fully saturated rings. The quantitative estimate of drug-likeness (QED) is 0.281. The van der Waals surface area contributed by atoms with E-state index in [1.807, 2.05) is 111 Å². The Morgan fingerprint density at radius 1 is 0.735 bits per heavy atom. The van der Waals surface area contributed by atoms with Crippen LogP contribution in [0.3, 0.4) is 0 Å². The topological polar surface area (TPSA) is 35.5 Å². The summed E-state index contributed by atoms with van der Waals surface area (Å²) in [4.78, 5) is 13.2. The summed E-state index contributed by atoms with van der Waals surface area (Å²) >= 11 is 0. The van der Waals surface area contributed by atoms with Gasteiger partial charge in [-0.15, -0.1) is 0 Å². The van der Waals surface area contributed by atoms with Crippen molar-refractivity contribution < 1.29 is 34.6 Å². The van der Waals surface area contributed by atoms with Crippen LogP contribution in [0.4, 0.5) is 0 Å². The standard InChI is InChI=1S/C29H27O3P.Li.H/c1-21-10-9-11-22(2)28(21)29(30)33-27-17-16-25(31-19-23-12-5-3-6-13-23)18-26(27)32-20-24-14-7-4-8-15-24;;/h3-18,33H,19-20H2,1-2H3;;/q;+1;-1. The molecule has 1 atom stereocenters. The Kier molecular flexibility index (Phi) is 9.55. The number of rotatable bonds is 9. The molecular weight excluding hydrogens is 434 g/mol. The second kappa shape index (κ2) is 12.6. The zero-order valence-corrected chi connectivity index (χ0v) is 20.9. The van der Waals surface area contributed by atoms with Crippen LogP contribution in [-0.2, 0) is 13.2 Å². The molecule has 0 aromatic heterocycles. The number of aryl methyl sites for hydroxylation is 2. The van der Waals surface area contributed by atoms with Crippen LogP contribution < -0.4 is 33.6 Å². The summed E-state index contributed by atoms with van der Waals surface area (Å²) in [7, 11) is -0.0334. The minimum atomic E-state index is -0.0334. The van der Waals surface area contributed by atoms with Gasteiger partial charge in [-0.1, -0.05) is 78.9 Å². The van der Waals surface area contributed by atoms with Crippen molar-refractivity contribution in [2.75, 3.05) is 0 Å². The monoisotopic (exact) mass is 462 g/mol. The van der Waals surface area contributed by atoms with Gasteiger partial charge in [0.2, 0.25) is 0 Å². The van der Waals surface area contributed by atoms with Crippen LogP contribution in [-0.4, -0.2) is 5.52 Å². The molecule has 4 aromatic rings. The Morgan fingerprint density at radius 3 is 1.88 bits per heavy atom. The van der Waals surface area contributed by atoms with Crippen LogP contribution >= 0.6 is 8.58 Å². The first-order valence-corrected chi connectivity index (χ1v) is 12.0. The van der Waals surface area contributed by atoms with E-state index in [0.29, 0.717) is 19.0 Å². The summed E-state index contributed by atoms with van der Waals surface area (Å²) in [6, 6.07) is 31.8. The predicted molar refractivity (Wildman–Crippen MR) is 137 cm³/mol. The zero-order chi connectivity index (χ0) is 23.0. The number of ether oxygens (including phenoxy) is 2. The molecule has 4 aromatic carbocycles. The first-order valence-electron chi connectivity index (χ1n) is 11.0. The van der Waals surface area contributed by atoms with Gasteiger partial charge < -0.3 is 10.9 Å². The molecule has 0 aliphatic heterocycles. The molecule has 0 heterocycles. The second-order valence-corrected chi connectivity index (χ2v) is 9.17. The van der Waals surface area contributed by atoms with Gasteiger partial charge in [0.25, 0.3) is 0 Å². The molecule has 0 radical (unpaired) electrons. The molecule has 0 bridgehead atoms. The van der Waals surface area contributed by atoms with E-state index in [-0.39, 0.29) is 34.4 Å². The molecule has 5 heteroatoms. The van der Waals surface area contributed by atoms with Gasteiger partial charge in [0.1, 0.15) is 24.7 Å². The molecule has 168 valence electrons. The third-order valence-corrected chi connectivity index (χ3v) is 6.55. The van der Waals surface area contributed by atoms with Crippen molar-refractivity contribution in [3.05, 3.63) is 125 Å². The van der Waals surface area contributed by atoms with Gasteiger partial charge in [0.05, 0.1) is 0 Å². The second-order valence-electron chi connectivity index (χ2n) is 7.93. The largest absolute Gasteiger partial charge is 1.00 e. The SMILES string of the molecule is Cc1cccc(C)c1C(=O)Pc1ccc(OCc2ccccc2)cc1OCc1ccccc1.[H-].[Li+]. The van der Waals surface area contributed by atoms with Crippen molar-refractivity contribution in [3.8, 4) is 11.5 Å². The number of carbonyl (C=O) groups is 1. The van der Waals surface area contributed by atoms with E-state index < -0.39 is 0 Å². The molecule has 0 aliphatic rings. The van der Waals surface area contributed by atoms with Crippen LogP contribution in [0.5, 0.6) is 11.5 Å². The fourth-order valence-electron chi connectivity index (χ4n) is 3.65. The molecule has 0 spiro atoms. The maximum Gasteiger partial charge on any atom is 1.00 e. The van der Waals surface area contributed by atoms with Crippen LogP contribution in [0.25, 0.3) is 0 Å². The predicted octanol–water partition coefficient (Wildman–Crippen LogP) is 3.72. The van der Waals surface area contributed by atoms with Crippen molar-refractivity contribution in [1.29, 1.82) is 0 Å². The van der Waals surface area contributed by atoms with Crippen LogP contribution in [0.2, 0.25) is 0 Å². The molecule has 34 heavy (non-hydrogen) atoms. The number of carbonyl (C=O) groups excluding carboxylic acids is 1. The van der Waals surface area contributed by atoms with Crippen molar-refractivity contribution >= 4 is 19.4 Å². The van der Waals surface area contributed by atoms with Crippen molar-refractivity contribution in [2.24, 2.45) is 0 Å². The van der Waals surface area contributed by atoms with E-state index in [1.165, 1.54) is 0 Å². The molecule has 0 N–H and O–H groups in total. The van der Waals surface area contributed by atoms with Gasteiger partial charge in [-0.05, 0) is 56.8 Å². The third kappa shape index (κ3) is 6.84. The summed E-state index contributed by atoms with van der Waals surface area (Å²) in [6.45, 7) is 4.87. The van der Waals surface area contributed by atoms with E-state index in [9.17, 15) is 4.79 Å². The van der Waals surface area contributed by atoms with Crippen LogP contribution in [0, 0.1) is 13.8 Å². The van der Waals surface area contributed by atoms with E-state index in [4.69, 9.17) is 9.47 Å². The van der Waals surface area contributed by atoms with E-state index in [2.05, 4.69) is 0 Å². The van der Waals surface area contributed by atoms with Crippen LogP contribution in [0.15, 0.2) is 97.1 Å². The van der Waals surface area contributed by atoms with Gasteiger partial charge in [-0.25, -0.2) is 0 Å². The number of hydrogen-bond acceptors (Lipinski definition) is 3. The Morgan fingerprint density at radius 2 is 1.29 bits per heavy atom. The normalized spacial score (nSPS) is 10.6. The molecule has 3 nitrogen and oxygen atoms in total. The summed E-state index contributed by atoms with van der Waals surface area (Å²) in [5.41, 5.74) is 5.09. The van der Waals surface area contributed by atoms with Crippen LogP contribution in [0.1, 0.15) is 34.0 Å². The Bertz CT molecular complexity index is 1210. The number of hydrogen-bond donors (Lipinski definition) is 0. The maximum absolute atomic E-state index is 13.2. The van der Waals surface area contributed by atoms with Crippen molar-refractivity contribution in [3.63, 3.8) is 0 Å². The fraction of sp³-hybridized carbons (Fsp3) is 0.138. The van der Waals surface area contributed by atoms with Gasteiger partial charge in [0, 0.05) is 16.9 Å². The van der Waals surface area contributed by atoms with Gasteiger partial charge in [-0.2, -0.15) is 0 Å². The average molecular weight is 462 g/mol. The van der Waals surface area contributed by atoms with Crippen molar-refractivity contribution in [2.45, 2.75) is 27.1 Å².